The fraction of sp³-hybridized carbons (Fsp3) is 0.133. The number of alkyl halides is 3. The van der Waals surface area contributed by atoms with E-state index in [-0.39, 0.29) is 11.4 Å². The van der Waals surface area contributed by atoms with Gasteiger partial charge < -0.3 is 14.6 Å². The number of halogens is 4. The molecule has 2 rings (SSSR count). The smallest absolute Gasteiger partial charge is 0.494 e. The van der Waals surface area contributed by atoms with E-state index in [1.807, 2.05) is 4.72 Å². The van der Waals surface area contributed by atoms with Gasteiger partial charge in [-0.2, -0.15) is 0 Å². The highest BCUT2D eigenvalue weighted by atomic mass is 32.2. The summed E-state index contributed by atoms with van der Waals surface area (Å²) in [7, 11) is -3.22. The lowest BCUT2D eigenvalue weighted by Crippen LogP contribution is -2.20. The Morgan fingerprint density at radius 1 is 1.11 bits per heavy atom. The predicted octanol–water partition coefficient (Wildman–Crippen LogP) is 3.23. The average Bonchev–Trinajstić information content (AvgIpc) is 2.53. The van der Waals surface area contributed by atoms with Gasteiger partial charge in [-0.05, 0) is 30.3 Å². The molecule has 146 valence electrons. The Kier molecular flexibility index (Phi) is 5.49. The number of nitrogens with one attached hydrogen (secondary N) is 1. The topological polar surface area (TPSA) is 102 Å². The highest BCUT2D eigenvalue weighted by Gasteiger charge is 2.33. The summed E-state index contributed by atoms with van der Waals surface area (Å²) in [5, 5.41) is 9.01. The van der Waals surface area contributed by atoms with Gasteiger partial charge >= 0.3 is 12.3 Å². The molecule has 12 heteroatoms. The van der Waals surface area contributed by atoms with Crippen molar-refractivity contribution in [3.63, 3.8) is 0 Å². The first-order chi connectivity index (χ1) is 12.4. The number of rotatable bonds is 6. The van der Waals surface area contributed by atoms with E-state index in [9.17, 15) is 30.8 Å². The zero-order valence-electron chi connectivity index (χ0n) is 13.4. The summed E-state index contributed by atoms with van der Waals surface area (Å²) >= 11 is 0. The van der Waals surface area contributed by atoms with Crippen LogP contribution in [0.4, 0.5) is 23.2 Å². The molecular weight excluding hydrogens is 398 g/mol. The monoisotopic (exact) mass is 409 g/mol. The molecule has 0 aromatic heterocycles. The van der Waals surface area contributed by atoms with E-state index in [0.29, 0.717) is 12.1 Å². The summed E-state index contributed by atoms with van der Waals surface area (Å²) in [5.74, 6) is -3.91. The second-order valence-electron chi connectivity index (χ2n) is 4.97. The number of benzene rings is 2. The molecule has 0 amide bonds. The molecule has 0 fully saturated rings. The third kappa shape index (κ3) is 5.00. The van der Waals surface area contributed by atoms with Crippen LogP contribution in [-0.4, -0.2) is 33.0 Å². The van der Waals surface area contributed by atoms with Crippen LogP contribution in [0.2, 0.25) is 0 Å². The van der Waals surface area contributed by atoms with Crippen molar-refractivity contribution in [2.75, 3.05) is 11.8 Å². The molecule has 0 aliphatic rings. The second-order valence-corrected chi connectivity index (χ2v) is 6.65. The van der Waals surface area contributed by atoms with Gasteiger partial charge in [0.15, 0.2) is 11.6 Å². The highest BCUT2D eigenvalue weighted by molar-refractivity contribution is 7.92. The summed E-state index contributed by atoms with van der Waals surface area (Å²) in [4.78, 5) is 10.5. The first-order valence-electron chi connectivity index (χ1n) is 6.92. The Bertz CT molecular complexity index is 975. The summed E-state index contributed by atoms with van der Waals surface area (Å²) < 4.78 is 85.5. The van der Waals surface area contributed by atoms with E-state index in [1.165, 1.54) is 13.2 Å². The SMILES string of the molecule is COc1ccc(NS(=O)(=O)c2ccc(OC(F)(F)F)c(C(=O)O)c2)cc1F. The van der Waals surface area contributed by atoms with Gasteiger partial charge in [-0.15, -0.1) is 13.2 Å². The minimum atomic E-state index is -5.16. The van der Waals surface area contributed by atoms with Crippen LogP contribution in [0.5, 0.6) is 11.5 Å². The van der Waals surface area contributed by atoms with E-state index < -0.39 is 44.4 Å². The van der Waals surface area contributed by atoms with Crippen molar-refractivity contribution in [2.45, 2.75) is 11.3 Å². The second kappa shape index (κ2) is 7.31. The van der Waals surface area contributed by atoms with Gasteiger partial charge in [-0.1, -0.05) is 0 Å². The minimum Gasteiger partial charge on any atom is -0.494 e. The van der Waals surface area contributed by atoms with Gasteiger partial charge in [0, 0.05) is 6.07 Å². The fourth-order valence-electron chi connectivity index (χ4n) is 2.00. The summed E-state index contributed by atoms with van der Waals surface area (Å²) in [6.07, 6.45) is -5.16. The van der Waals surface area contributed by atoms with E-state index >= 15 is 0 Å². The lowest BCUT2D eigenvalue weighted by atomic mass is 10.2. The summed E-state index contributed by atoms with van der Waals surface area (Å²) in [6.45, 7) is 0. The first kappa shape index (κ1) is 20.3. The van der Waals surface area contributed by atoms with E-state index in [1.54, 1.807) is 0 Å². The average molecular weight is 409 g/mol. The number of carboxylic acids is 1. The van der Waals surface area contributed by atoms with Gasteiger partial charge in [0.25, 0.3) is 10.0 Å². The Morgan fingerprint density at radius 2 is 1.74 bits per heavy atom. The van der Waals surface area contributed by atoms with E-state index in [4.69, 9.17) is 5.11 Å². The molecule has 2 aromatic carbocycles. The van der Waals surface area contributed by atoms with Crippen LogP contribution in [0, 0.1) is 5.82 Å². The van der Waals surface area contributed by atoms with Gasteiger partial charge in [-0.3, -0.25) is 4.72 Å². The maximum atomic E-state index is 13.6. The number of methoxy groups -OCH3 is 1. The third-order valence-electron chi connectivity index (χ3n) is 3.12. The van der Waals surface area contributed by atoms with Gasteiger partial charge in [0.05, 0.1) is 17.7 Å². The number of aromatic carboxylic acids is 1. The molecule has 0 bridgehead atoms. The van der Waals surface area contributed by atoms with Crippen molar-refractivity contribution in [3.05, 3.63) is 47.8 Å². The highest BCUT2D eigenvalue weighted by Crippen LogP contribution is 2.29. The van der Waals surface area contributed by atoms with Gasteiger partial charge in [0.1, 0.15) is 11.3 Å². The largest absolute Gasteiger partial charge is 0.573 e. The van der Waals surface area contributed by atoms with Crippen LogP contribution in [0.25, 0.3) is 0 Å². The quantitative estimate of drug-likeness (QED) is 0.711. The molecule has 0 spiro atoms. The number of ether oxygens (including phenoxy) is 2. The van der Waals surface area contributed by atoms with Crippen LogP contribution in [0.15, 0.2) is 41.3 Å². The summed E-state index contributed by atoms with van der Waals surface area (Å²) in [6, 6.07) is 4.91. The normalized spacial score (nSPS) is 11.7. The number of anilines is 1. The molecule has 0 saturated carbocycles. The number of carbonyl (C=O) groups is 1. The molecule has 7 nitrogen and oxygen atoms in total. The molecule has 2 aromatic rings. The number of hydrogen-bond donors (Lipinski definition) is 2. The molecule has 0 unspecified atom stereocenters. The van der Waals surface area contributed by atoms with Crippen molar-refractivity contribution in [3.8, 4) is 11.5 Å². The van der Waals surface area contributed by atoms with Gasteiger partial charge in [0.2, 0.25) is 0 Å². The maximum Gasteiger partial charge on any atom is 0.573 e. The van der Waals surface area contributed by atoms with Crippen LogP contribution in [0.3, 0.4) is 0 Å². The molecule has 0 aliphatic carbocycles. The number of carboxylic acid groups (broad SMARTS) is 1. The van der Waals surface area contributed by atoms with Crippen molar-refractivity contribution in [1.82, 2.24) is 0 Å². The molecule has 2 N–H and O–H groups in total. The lowest BCUT2D eigenvalue weighted by Gasteiger charge is -2.13. The Balaban J connectivity index is 2.39. The molecular formula is C15H11F4NO6S. The van der Waals surface area contributed by atoms with Crippen LogP contribution >= 0.6 is 0 Å². The number of hydrogen-bond acceptors (Lipinski definition) is 5. The molecule has 0 saturated heterocycles. The molecule has 0 aliphatic heterocycles. The Morgan fingerprint density at radius 3 is 2.26 bits per heavy atom. The van der Waals surface area contributed by atoms with E-state index in [2.05, 4.69) is 9.47 Å². The van der Waals surface area contributed by atoms with Crippen molar-refractivity contribution in [1.29, 1.82) is 0 Å². The van der Waals surface area contributed by atoms with Crippen LogP contribution in [-0.2, 0) is 10.0 Å². The van der Waals surface area contributed by atoms with Crippen molar-refractivity contribution >= 4 is 21.7 Å². The van der Waals surface area contributed by atoms with Crippen molar-refractivity contribution < 1.29 is 45.4 Å². The van der Waals surface area contributed by atoms with Crippen LogP contribution < -0.4 is 14.2 Å². The molecule has 0 radical (unpaired) electrons. The standard InChI is InChI=1S/C15H11F4NO6S/c1-25-13-4-2-8(6-11(13)16)20-27(23,24)9-3-5-12(26-15(17,18)19)10(7-9)14(21)22/h2-7,20H,1H3,(H,21,22). The predicted molar refractivity (Wildman–Crippen MR) is 83.8 cm³/mol. The van der Waals surface area contributed by atoms with E-state index in [0.717, 1.165) is 18.2 Å². The van der Waals surface area contributed by atoms with Crippen LogP contribution in [0.1, 0.15) is 10.4 Å². The minimum absolute atomic E-state index is 0.139. The molecule has 27 heavy (non-hydrogen) atoms. The maximum absolute atomic E-state index is 13.6. The van der Waals surface area contributed by atoms with Crippen molar-refractivity contribution in [2.24, 2.45) is 0 Å². The van der Waals surface area contributed by atoms with Gasteiger partial charge in [-0.25, -0.2) is 17.6 Å². The Labute approximate surface area is 150 Å². The molecule has 0 atom stereocenters. The number of sulfonamides is 1. The first-order valence-corrected chi connectivity index (χ1v) is 8.41. The zero-order valence-corrected chi connectivity index (χ0v) is 14.2. The third-order valence-corrected chi connectivity index (χ3v) is 4.50. The lowest BCUT2D eigenvalue weighted by molar-refractivity contribution is -0.274. The Hall–Kier alpha value is -3.02. The fourth-order valence-corrected chi connectivity index (χ4v) is 3.08. The molecule has 0 heterocycles. The zero-order chi connectivity index (χ0) is 20.4. The summed E-state index contributed by atoms with van der Waals surface area (Å²) in [5.41, 5.74) is -1.23.